The number of hydrogen-bond acceptors (Lipinski definition) is 3. The summed E-state index contributed by atoms with van der Waals surface area (Å²) in [5, 5.41) is 0.598. The van der Waals surface area contributed by atoms with Crippen LogP contribution in [0, 0.1) is 0 Å². The SMILES string of the molecule is CCCN(C(=O)Cc1ccccc1)C(CC)c1nc2ccccc2c(=O)n1C. The van der Waals surface area contributed by atoms with Crippen LogP contribution in [0.1, 0.15) is 44.1 Å². The maximum Gasteiger partial charge on any atom is 0.261 e. The van der Waals surface area contributed by atoms with E-state index < -0.39 is 0 Å². The Labute approximate surface area is 165 Å². The summed E-state index contributed by atoms with van der Waals surface area (Å²) in [6.45, 7) is 4.72. The van der Waals surface area contributed by atoms with Gasteiger partial charge in [0.2, 0.25) is 5.91 Å². The van der Waals surface area contributed by atoms with Crippen LogP contribution in [0.15, 0.2) is 59.4 Å². The number of aromatic nitrogens is 2. The van der Waals surface area contributed by atoms with Gasteiger partial charge in [0.05, 0.1) is 23.4 Å². The van der Waals surface area contributed by atoms with Crippen molar-refractivity contribution >= 4 is 16.8 Å². The van der Waals surface area contributed by atoms with Crippen LogP contribution in [-0.4, -0.2) is 26.9 Å². The summed E-state index contributed by atoms with van der Waals surface area (Å²) in [5.74, 6) is 0.698. The largest absolute Gasteiger partial charge is 0.332 e. The molecule has 146 valence electrons. The number of carbonyl (C=O) groups is 1. The minimum absolute atomic E-state index is 0.0577. The summed E-state index contributed by atoms with van der Waals surface area (Å²) in [4.78, 5) is 32.6. The van der Waals surface area contributed by atoms with Gasteiger partial charge in [0.15, 0.2) is 0 Å². The molecule has 3 aromatic rings. The molecule has 1 amide bonds. The van der Waals surface area contributed by atoms with Crippen molar-refractivity contribution in [2.45, 2.75) is 39.2 Å². The Balaban J connectivity index is 2.01. The molecule has 0 saturated heterocycles. The second-order valence-electron chi connectivity index (χ2n) is 7.02. The summed E-state index contributed by atoms with van der Waals surface area (Å²) in [5.41, 5.74) is 1.58. The summed E-state index contributed by atoms with van der Waals surface area (Å²) in [6, 6.07) is 16.9. The van der Waals surface area contributed by atoms with E-state index in [1.54, 1.807) is 17.7 Å². The molecule has 1 aromatic heterocycles. The normalized spacial score (nSPS) is 12.1. The Kier molecular flexibility index (Phi) is 6.24. The average Bonchev–Trinajstić information content (AvgIpc) is 2.72. The molecular formula is C23H27N3O2. The van der Waals surface area contributed by atoms with Crippen molar-refractivity contribution in [3.8, 4) is 0 Å². The highest BCUT2D eigenvalue weighted by Crippen LogP contribution is 2.24. The fourth-order valence-electron chi connectivity index (χ4n) is 3.64. The van der Waals surface area contributed by atoms with E-state index in [0.29, 0.717) is 36.1 Å². The van der Waals surface area contributed by atoms with Crippen molar-refractivity contribution in [2.24, 2.45) is 7.05 Å². The van der Waals surface area contributed by atoms with Gasteiger partial charge in [-0.2, -0.15) is 0 Å². The standard InChI is InChI=1S/C23H27N3O2/c1-4-15-26(21(27)16-17-11-7-6-8-12-17)20(5-2)22-24-19-14-10-9-13-18(19)23(28)25(22)3/h6-14,20H,4-5,15-16H2,1-3H3. The van der Waals surface area contributed by atoms with Crippen molar-refractivity contribution in [2.75, 3.05) is 6.54 Å². The lowest BCUT2D eigenvalue weighted by Gasteiger charge is -2.31. The Morgan fingerprint density at radius 2 is 1.75 bits per heavy atom. The molecule has 0 aliphatic rings. The molecule has 1 unspecified atom stereocenters. The topological polar surface area (TPSA) is 55.2 Å². The third kappa shape index (κ3) is 3.98. The molecule has 5 nitrogen and oxygen atoms in total. The number of rotatable bonds is 7. The van der Waals surface area contributed by atoms with E-state index in [2.05, 4.69) is 6.92 Å². The maximum absolute atomic E-state index is 13.1. The predicted octanol–water partition coefficient (Wildman–Crippen LogP) is 3.87. The third-order valence-electron chi connectivity index (χ3n) is 5.06. The van der Waals surface area contributed by atoms with Crippen LogP contribution >= 0.6 is 0 Å². The van der Waals surface area contributed by atoms with Gasteiger partial charge in [0.1, 0.15) is 5.82 Å². The number of fused-ring (bicyclic) bond motifs is 1. The van der Waals surface area contributed by atoms with E-state index in [0.717, 1.165) is 12.0 Å². The summed E-state index contributed by atoms with van der Waals surface area (Å²) in [7, 11) is 1.74. The van der Waals surface area contributed by atoms with Gasteiger partial charge in [-0.3, -0.25) is 14.2 Å². The number of hydrogen-bond donors (Lipinski definition) is 0. The molecule has 0 aliphatic carbocycles. The highest BCUT2D eigenvalue weighted by Gasteiger charge is 2.27. The molecule has 1 atom stereocenters. The van der Waals surface area contributed by atoms with E-state index in [1.807, 2.05) is 60.4 Å². The Hall–Kier alpha value is -2.95. The molecule has 3 rings (SSSR count). The second-order valence-corrected chi connectivity index (χ2v) is 7.02. The lowest BCUT2D eigenvalue weighted by atomic mass is 10.1. The van der Waals surface area contributed by atoms with Gasteiger partial charge < -0.3 is 4.90 Å². The number of nitrogens with zero attached hydrogens (tertiary/aromatic N) is 3. The lowest BCUT2D eigenvalue weighted by Crippen LogP contribution is -2.39. The number of carbonyl (C=O) groups excluding carboxylic acids is 1. The molecule has 28 heavy (non-hydrogen) atoms. The fourth-order valence-corrected chi connectivity index (χ4v) is 3.64. The van der Waals surface area contributed by atoms with Crippen LogP contribution in [-0.2, 0) is 18.3 Å². The molecule has 0 fully saturated rings. The van der Waals surface area contributed by atoms with E-state index in [9.17, 15) is 9.59 Å². The zero-order chi connectivity index (χ0) is 20.1. The average molecular weight is 377 g/mol. The highest BCUT2D eigenvalue weighted by atomic mass is 16.2. The first-order chi connectivity index (χ1) is 13.6. The smallest absolute Gasteiger partial charge is 0.261 e. The molecule has 2 aromatic carbocycles. The van der Waals surface area contributed by atoms with Crippen molar-refractivity contribution in [1.82, 2.24) is 14.5 Å². The van der Waals surface area contributed by atoms with Crippen molar-refractivity contribution in [3.05, 3.63) is 76.3 Å². The Morgan fingerprint density at radius 3 is 2.43 bits per heavy atom. The van der Waals surface area contributed by atoms with Crippen LogP contribution in [0.25, 0.3) is 10.9 Å². The first-order valence-corrected chi connectivity index (χ1v) is 9.85. The van der Waals surface area contributed by atoms with Gasteiger partial charge in [-0.1, -0.05) is 56.3 Å². The minimum atomic E-state index is -0.238. The predicted molar refractivity (Wildman–Crippen MR) is 112 cm³/mol. The van der Waals surface area contributed by atoms with Crippen molar-refractivity contribution in [1.29, 1.82) is 0 Å². The number of amides is 1. The minimum Gasteiger partial charge on any atom is -0.332 e. The molecule has 0 spiro atoms. The Morgan fingerprint density at radius 1 is 1.07 bits per heavy atom. The molecule has 1 heterocycles. The molecular weight excluding hydrogens is 350 g/mol. The van der Waals surface area contributed by atoms with Gasteiger partial charge in [-0.15, -0.1) is 0 Å². The van der Waals surface area contributed by atoms with Gasteiger partial charge in [0.25, 0.3) is 5.56 Å². The van der Waals surface area contributed by atoms with Gasteiger partial charge in [-0.25, -0.2) is 4.98 Å². The summed E-state index contributed by atoms with van der Waals surface area (Å²) >= 11 is 0. The molecule has 5 heteroatoms. The molecule has 0 aliphatic heterocycles. The molecule has 0 N–H and O–H groups in total. The van der Waals surface area contributed by atoms with Crippen molar-refractivity contribution in [3.63, 3.8) is 0 Å². The van der Waals surface area contributed by atoms with Crippen molar-refractivity contribution < 1.29 is 4.79 Å². The summed E-state index contributed by atoms with van der Waals surface area (Å²) in [6.07, 6.45) is 1.89. The van der Waals surface area contributed by atoms with E-state index in [-0.39, 0.29) is 17.5 Å². The zero-order valence-corrected chi connectivity index (χ0v) is 16.8. The molecule has 0 bridgehead atoms. The van der Waals surface area contributed by atoms with Crippen LogP contribution in [0.3, 0.4) is 0 Å². The second kappa shape index (κ2) is 8.83. The highest BCUT2D eigenvalue weighted by molar-refractivity contribution is 5.80. The van der Waals surface area contributed by atoms with Crippen LogP contribution in [0.4, 0.5) is 0 Å². The van der Waals surface area contributed by atoms with Gasteiger partial charge in [0, 0.05) is 13.6 Å². The number of benzene rings is 2. The fraction of sp³-hybridized carbons (Fsp3) is 0.348. The quantitative estimate of drug-likeness (QED) is 0.628. The Bertz CT molecular complexity index is 1010. The van der Waals surface area contributed by atoms with Crippen LogP contribution in [0.5, 0.6) is 0 Å². The van der Waals surface area contributed by atoms with Crippen LogP contribution < -0.4 is 5.56 Å². The van der Waals surface area contributed by atoms with E-state index in [4.69, 9.17) is 4.98 Å². The zero-order valence-electron chi connectivity index (χ0n) is 16.8. The van der Waals surface area contributed by atoms with E-state index >= 15 is 0 Å². The van der Waals surface area contributed by atoms with E-state index in [1.165, 1.54) is 0 Å². The monoisotopic (exact) mass is 377 g/mol. The lowest BCUT2D eigenvalue weighted by molar-refractivity contribution is -0.133. The van der Waals surface area contributed by atoms with Crippen LogP contribution in [0.2, 0.25) is 0 Å². The van der Waals surface area contributed by atoms with Gasteiger partial charge in [-0.05, 0) is 30.5 Å². The first kappa shape index (κ1) is 19.8. The molecule has 0 saturated carbocycles. The number of para-hydroxylation sites is 1. The molecule has 0 radical (unpaired) electrons. The van der Waals surface area contributed by atoms with Gasteiger partial charge >= 0.3 is 0 Å². The summed E-state index contributed by atoms with van der Waals surface area (Å²) < 4.78 is 1.59. The first-order valence-electron chi connectivity index (χ1n) is 9.85. The third-order valence-corrected chi connectivity index (χ3v) is 5.06. The maximum atomic E-state index is 13.1.